The van der Waals surface area contributed by atoms with E-state index in [9.17, 15) is 9.59 Å². The average molecular weight is 372 g/mol. The van der Waals surface area contributed by atoms with Crippen LogP contribution in [0.4, 0.5) is 0 Å². The Morgan fingerprint density at radius 2 is 2.19 bits per heavy atom. The Hall–Kier alpha value is -3.20. The van der Waals surface area contributed by atoms with Gasteiger partial charge in [-0.2, -0.15) is 4.98 Å². The third-order valence-electron chi connectivity index (χ3n) is 4.06. The van der Waals surface area contributed by atoms with Gasteiger partial charge in [-0.15, -0.1) is 0 Å². The molecule has 3 heterocycles. The van der Waals surface area contributed by atoms with E-state index in [0.717, 1.165) is 5.69 Å². The van der Waals surface area contributed by atoms with E-state index >= 15 is 0 Å². The van der Waals surface area contributed by atoms with Crippen molar-refractivity contribution in [2.75, 3.05) is 13.7 Å². The van der Waals surface area contributed by atoms with E-state index in [-0.39, 0.29) is 29.4 Å². The third-order valence-corrected chi connectivity index (χ3v) is 4.06. The summed E-state index contributed by atoms with van der Waals surface area (Å²) in [5.74, 6) is 0.463. The normalized spacial score (nSPS) is 10.9. The molecule has 1 amide bonds. The Kier molecular flexibility index (Phi) is 5.51. The zero-order valence-electron chi connectivity index (χ0n) is 15.3. The van der Waals surface area contributed by atoms with Crippen molar-refractivity contribution in [3.63, 3.8) is 0 Å². The Labute approximate surface area is 154 Å². The summed E-state index contributed by atoms with van der Waals surface area (Å²) >= 11 is 0. The summed E-state index contributed by atoms with van der Waals surface area (Å²) in [7, 11) is 1.56. The van der Waals surface area contributed by atoms with Gasteiger partial charge < -0.3 is 23.6 Å². The third kappa shape index (κ3) is 3.98. The number of furan rings is 1. The molecular formula is C18H20N4O5. The minimum atomic E-state index is -0.499. The number of rotatable bonds is 7. The van der Waals surface area contributed by atoms with Crippen LogP contribution in [0.3, 0.4) is 0 Å². The largest absolute Gasteiger partial charge is 0.461 e. The van der Waals surface area contributed by atoms with Gasteiger partial charge in [0, 0.05) is 19.3 Å². The van der Waals surface area contributed by atoms with Gasteiger partial charge in [-0.3, -0.25) is 9.59 Å². The topological polar surface area (TPSA) is 112 Å². The number of amides is 1. The zero-order chi connectivity index (χ0) is 19.4. The molecule has 0 spiro atoms. The molecule has 0 fully saturated rings. The van der Waals surface area contributed by atoms with Gasteiger partial charge in [0.15, 0.2) is 5.76 Å². The van der Waals surface area contributed by atoms with Gasteiger partial charge in [-0.25, -0.2) is 0 Å². The van der Waals surface area contributed by atoms with Crippen molar-refractivity contribution < 1.29 is 18.5 Å². The molecule has 0 bridgehead atoms. The van der Waals surface area contributed by atoms with Crippen LogP contribution in [0.5, 0.6) is 0 Å². The molecule has 27 heavy (non-hydrogen) atoms. The number of methoxy groups -OCH3 is 1. The zero-order valence-corrected chi connectivity index (χ0v) is 15.3. The van der Waals surface area contributed by atoms with Crippen LogP contribution in [0.1, 0.15) is 27.5 Å². The van der Waals surface area contributed by atoms with E-state index in [2.05, 4.69) is 15.5 Å². The van der Waals surface area contributed by atoms with E-state index in [1.165, 1.54) is 10.8 Å². The summed E-state index contributed by atoms with van der Waals surface area (Å²) in [5, 5.41) is 6.44. The van der Waals surface area contributed by atoms with Crippen LogP contribution >= 0.6 is 0 Å². The van der Waals surface area contributed by atoms with Gasteiger partial charge in [-0.05, 0) is 37.6 Å². The quantitative estimate of drug-likeness (QED) is 0.671. The van der Waals surface area contributed by atoms with Crippen molar-refractivity contribution in [2.24, 2.45) is 0 Å². The van der Waals surface area contributed by atoms with Crippen LogP contribution in [0.2, 0.25) is 0 Å². The van der Waals surface area contributed by atoms with Crippen molar-refractivity contribution in [1.29, 1.82) is 0 Å². The van der Waals surface area contributed by atoms with Crippen LogP contribution in [-0.2, 0) is 17.8 Å². The predicted molar refractivity (Wildman–Crippen MR) is 95.2 cm³/mol. The fourth-order valence-electron chi connectivity index (χ4n) is 2.74. The maximum absolute atomic E-state index is 12.7. The lowest BCUT2D eigenvalue weighted by molar-refractivity contribution is 0.0943. The molecule has 0 atom stereocenters. The smallest absolute Gasteiger partial charge is 0.263 e. The lowest BCUT2D eigenvalue weighted by Crippen LogP contribution is -2.35. The maximum Gasteiger partial charge on any atom is 0.263 e. The van der Waals surface area contributed by atoms with Gasteiger partial charge in [0.05, 0.1) is 19.4 Å². The predicted octanol–water partition coefficient (Wildman–Crippen LogP) is 1.68. The fourth-order valence-corrected chi connectivity index (χ4v) is 2.74. The SMILES string of the molecule is COCCn1c(C)cc(C)c(C(=O)NCc2nc(-c3ccco3)no2)c1=O. The maximum atomic E-state index is 12.7. The lowest BCUT2D eigenvalue weighted by Gasteiger charge is -2.13. The van der Waals surface area contributed by atoms with Gasteiger partial charge in [0.1, 0.15) is 5.56 Å². The van der Waals surface area contributed by atoms with Crippen LogP contribution in [0.25, 0.3) is 11.6 Å². The second-order valence-corrected chi connectivity index (χ2v) is 5.97. The van der Waals surface area contributed by atoms with Gasteiger partial charge in [0.2, 0.25) is 11.7 Å². The highest BCUT2D eigenvalue weighted by Crippen LogP contribution is 2.15. The monoisotopic (exact) mass is 372 g/mol. The minimum absolute atomic E-state index is 0.00261. The second-order valence-electron chi connectivity index (χ2n) is 5.97. The van der Waals surface area contributed by atoms with Gasteiger partial charge in [0.25, 0.3) is 11.5 Å². The highest BCUT2D eigenvalue weighted by molar-refractivity contribution is 5.95. The van der Waals surface area contributed by atoms with Crippen molar-refractivity contribution in [3.8, 4) is 11.6 Å². The van der Waals surface area contributed by atoms with Crippen molar-refractivity contribution in [1.82, 2.24) is 20.0 Å². The summed E-state index contributed by atoms with van der Waals surface area (Å²) in [6.45, 7) is 4.30. The number of pyridine rings is 1. The molecule has 0 aliphatic rings. The molecule has 0 radical (unpaired) electrons. The molecule has 3 aromatic heterocycles. The first-order chi connectivity index (χ1) is 13.0. The summed E-state index contributed by atoms with van der Waals surface area (Å²) in [6.07, 6.45) is 1.50. The average Bonchev–Trinajstić information content (AvgIpc) is 3.31. The Balaban J connectivity index is 1.75. The summed E-state index contributed by atoms with van der Waals surface area (Å²) in [6, 6.07) is 5.21. The molecule has 142 valence electrons. The Morgan fingerprint density at radius 3 is 2.89 bits per heavy atom. The number of aromatic nitrogens is 3. The van der Waals surface area contributed by atoms with Gasteiger partial charge in [-0.1, -0.05) is 5.16 Å². The summed E-state index contributed by atoms with van der Waals surface area (Å²) in [4.78, 5) is 29.4. The number of aryl methyl sites for hydroxylation is 2. The first-order valence-corrected chi connectivity index (χ1v) is 8.36. The number of carbonyl (C=O) groups excluding carboxylic acids is 1. The first kappa shape index (κ1) is 18.6. The van der Waals surface area contributed by atoms with Crippen molar-refractivity contribution in [2.45, 2.75) is 26.9 Å². The van der Waals surface area contributed by atoms with E-state index in [1.54, 1.807) is 32.2 Å². The van der Waals surface area contributed by atoms with E-state index in [1.807, 2.05) is 6.92 Å². The number of nitrogens with one attached hydrogen (secondary N) is 1. The minimum Gasteiger partial charge on any atom is -0.461 e. The molecule has 1 N–H and O–H groups in total. The molecule has 9 nitrogen and oxygen atoms in total. The number of ether oxygens (including phenoxy) is 1. The number of carbonyl (C=O) groups is 1. The molecule has 3 rings (SSSR count). The molecule has 0 aliphatic carbocycles. The number of hydrogen-bond donors (Lipinski definition) is 1. The Morgan fingerprint density at radius 1 is 1.37 bits per heavy atom. The van der Waals surface area contributed by atoms with E-state index < -0.39 is 5.91 Å². The van der Waals surface area contributed by atoms with Crippen LogP contribution in [0.15, 0.2) is 38.2 Å². The van der Waals surface area contributed by atoms with Crippen LogP contribution < -0.4 is 10.9 Å². The summed E-state index contributed by atoms with van der Waals surface area (Å²) < 4.78 is 16.8. The standard InChI is InChI=1S/C18H20N4O5/c1-11-9-12(2)22(6-8-25-3)18(24)15(11)17(23)19-10-14-20-16(21-27-14)13-5-4-7-26-13/h4-5,7,9H,6,8,10H2,1-3H3,(H,19,23). The molecule has 0 aromatic carbocycles. The molecule has 0 aliphatic heterocycles. The van der Waals surface area contributed by atoms with Gasteiger partial charge >= 0.3 is 0 Å². The van der Waals surface area contributed by atoms with Crippen molar-refractivity contribution in [3.05, 3.63) is 57.5 Å². The molecular weight excluding hydrogens is 352 g/mol. The molecule has 0 unspecified atom stereocenters. The number of hydrogen-bond acceptors (Lipinski definition) is 7. The first-order valence-electron chi connectivity index (χ1n) is 8.36. The molecule has 0 saturated heterocycles. The van der Waals surface area contributed by atoms with Crippen LogP contribution in [0, 0.1) is 13.8 Å². The molecule has 0 saturated carbocycles. The molecule has 9 heteroatoms. The Bertz CT molecular complexity index is 988. The lowest BCUT2D eigenvalue weighted by atomic mass is 10.1. The fraction of sp³-hybridized carbons (Fsp3) is 0.333. The van der Waals surface area contributed by atoms with Crippen molar-refractivity contribution >= 4 is 5.91 Å². The van der Waals surface area contributed by atoms with E-state index in [0.29, 0.717) is 24.5 Å². The summed E-state index contributed by atoms with van der Waals surface area (Å²) in [5.41, 5.74) is 1.10. The highest BCUT2D eigenvalue weighted by Gasteiger charge is 2.18. The number of nitrogens with zero attached hydrogens (tertiary/aromatic N) is 3. The highest BCUT2D eigenvalue weighted by atomic mass is 16.5. The molecule has 3 aromatic rings. The van der Waals surface area contributed by atoms with E-state index in [4.69, 9.17) is 13.7 Å². The second kappa shape index (κ2) is 8.00. The van der Waals surface area contributed by atoms with Crippen LogP contribution in [-0.4, -0.2) is 34.3 Å².